The molecule has 0 bridgehead atoms. The molecular formula is C21H31N3O5S. The molecule has 8 nitrogen and oxygen atoms in total. The summed E-state index contributed by atoms with van der Waals surface area (Å²) in [6, 6.07) is 5.60. The van der Waals surface area contributed by atoms with Gasteiger partial charge in [-0.15, -0.1) is 0 Å². The number of sulfonamides is 1. The van der Waals surface area contributed by atoms with Gasteiger partial charge in [0.1, 0.15) is 11.6 Å². The van der Waals surface area contributed by atoms with Gasteiger partial charge in [-0.3, -0.25) is 9.69 Å². The highest BCUT2D eigenvalue weighted by Crippen LogP contribution is 2.24. The van der Waals surface area contributed by atoms with Gasteiger partial charge in [0.15, 0.2) is 0 Å². The zero-order chi connectivity index (χ0) is 21.9. The fourth-order valence-electron chi connectivity index (χ4n) is 3.77. The highest BCUT2D eigenvalue weighted by Gasteiger charge is 2.36. The summed E-state index contributed by atoms with van der Waals surface area (Å²) < 4.78 is 32.4. The zero-order valence-electron chi connectivity index (χ0n) is 17.9. The number of ether oxygens (including phenoxy) is 1. The first-order valence-corrected chi connectivity index (χ1v) is 11.9. The third kappa shape index (κ3) is 5.31. The van der Waals surface area contributed by atoms with Gasteiger partial charge in [-0.05, 0) is 70.7 Å². The topological polar surface area (TPSA) is 96.0 Å². The third-order valence-corrected chi connectivity index (χ3v) is 7.17. The van der Waals surface area contributed by atoms with Crippen LogP contribution in [0.25, 0.3) is 0 Å². The van der Waals surface area contributed by atoms with E-state index in [2.05, 4.69) is 5.32 Å². The SMILES string of the molecule is CC(C)(C)OC(=O)N1CCCC1C(=O)Nc1ccc(S(=O)(=O)N2CCCCC2)cc1. The van der Waals surface area contributed by atoms with Crippen LogP contribution in [-0.2, 0) is 19.6 Å². The molecule has 1 aromatic carbocycles. The molecule has 166 valence electrons. The van der Waals surface area contributed by atoms with E-state index in [1.807, 2.05) is 0 Å². The van der Waals surface area contributed by atoms with Gasteiger partial charge in [0.25, 0.3) is 0 Å². The summed E-state index contributed by atoms with van der Waals surface area (Å²) in [7, 11) is -3.51. The first kappa shape index (κ1) is 22.6. The van der Waals surface area contributed by atoms with E-state index in [-0.39, 0.29) is 10.8 Å². The number of benzene rings is 1. The van der Waals surface area contributed by atoms with E-state index in [1.54, 1.807) is 32.9 Å². The van der Waals surface area contributed by atoms with Crippen LogP contribution in [-0.4, -0.2) is 60.9 Å². The van der Waals surface area contributed by atoms with Gasteiger partial charge >= 0.3 is 6.09 Å². The van der Waals surface area contributed by atoms with Crippen molar-refractivity contribution in [1.29, 1.82) is 0 Å². The Bertz CT molecular complexity index is 871. The number of carbonyl (C=O) groups excluding carboxylic acids is 2. The lowest BCUT2D eigenvalue weighted by Gasteiger charge is -2.28. The molecule has 2 saturated heterocycles. The summed E-state index contributed by atoms with van der Waals surface area (Å²) >= 11 is 0. The molecule has 2 aliphatic heterocycles. The minimum absolute atomic E-state index is 0.221. The van der Waals surface area contributed by atoms with Crippen LogP contribution in [0.5, 0.6) is 0 Å². The molecule has 1 unspecified atom stereocenters. The van der Waals surface area contributed by atoms with Gasteiger partial charge in [-0.2, -0.15) is 4.31 Å². The van der Waals surface area contributed by atoms with Crippen LogP contribution in [0, 0.1) is 0 Å². The standard InChI is InChI=1S/C21H31N3O5S/c1-21(2,3)29-20(26)24-15-7-8-18(24)19(25)22-16-9-11-17(12-10-16)30(27,28)23-13-5-4-6-14-23/h9-12,18H,4-8,13-15H2,1-3H3,(H,22,25). The van der Waals surface area contributed by atoms with Crippen molar-refractivity contribution >= 4 is 27.7 Å². The van der Waals surface area contributed by atoms with Crippen molar-refractivity contribution in [3.05, 3.63) is 24.3 Å². The molecule has 0 aromatic heterocycles. The van der Waals surface area contributed by atoms with E-state index in [9.17, 15) is 18.0 Å². The second-order valence-corrected chi connectivity index (χ2v) is 10.7. The molecule has 1 aromatic rings. The highest BCUT2D eigenvalue weighted by molar-refractivity contribution is 7.89. The Morgan fingerprint density at radius 1 is 1.00 bits per heavy atom. The maximum Gasteiger partial charge on any atom is 0.410 e. The molecular weight excluding hydrogens is 406 g/mol. The van der Waals surface area contributed by atoms with Crippen LogP contribution in [0.15, 0.2) is 29.2 Å². The summed E-state index contributed by atoms with van der Waals surface area (Å²) in [5.74, 6) is -0.301. The number of likely N-dealkylation sites (tertiary alicyclic amines) is 1. The lowest BCUT2D eigenvalue weighted by Crippen LogP contribution is -2.45. The molecule has 2 heterocycles. The summed E-state index contributed by atoms with van der Waals surface area (Å²) in [5.41, 5.74) is -0.134. The minimum Gasteiger partial charge on any atom is -0.444 e. The molecule has 0 radical (unpaired) electrons. The second kappa shape index (κ2) is 8.93. The van der Waals surface area contributed by atoms with Crippen LogP contribution in [0.1, 0.15) is 52.9 Å². The predicted octanol–water partition coefficient (Wildman–Crippen LogP) is 3.20. The fourth-order valence-corrected chi connectivity index (χ4v) is 5.29. The quantitative estimate of drug-likeness (QED) is 0.780. The molecule has 30 heavy (non-hydrogen) atoms. The Balaban J connectivity index is 1.65. The van der Waals surface area contributed by atoms with Crippen LogP contribution in [0.4, 0.5) is 10.5 Å². The van der Waals surface area contributed by atoms with E-state index in [0.717, 1.165) is 25.7 Å². The Morgan fingerprint density at radius 3 is 2.23 bits per heavy atom. The molecule has 3 rings (SSSR count). The first-order chi connectivity index (χ1) is 14.1. The maximum absolute atomic E-state index is 12.7. The third-order valence-electron chi connectivity index (χ3n) is 5.26. The average molecular weight is 438 g/mol. The van der Waals surface area contributed by atoms with E-state index in [0.29, 0.717) is 31.7 Å². The van der Waals surface area contributed by atoms with E-state index < -0.39 is 27.8 Å². The number of nitrogens with zero attached hydrogens (tertiary/aromatic N) is 2. The number of amides is 2. The summed E-state index contributed by atoms with van der Waals surface area (Å²) in [4.78, 5) is 26.8. The molecule has 9 heteroatoms. The van der Waals surface area contributed by atoms with Crippen molar-refractivity contribution in [3.63, 3.8) is 0 Å². The molecule has 0 spiro atoms. The number of hydrogen-bond donors (Lipinski definition) is 1. The average Bonchev–Trinajstić information content (AvgIpc) is 3.18. The van der Waals surface area contributed by atoms with Crippen LogP contribution in [0.2, 0.25) is 0 Å². The van der Waals surface area contributed by atoms with Crippen molar-refractivity contribution in [2.24, 2.45) is 0 Å². The lowest BCUT2D eigenvalue weighted by atomic mass is 10.2. The number of hydrogen-bond acceptors (Lipinski definition) is 5. The number of piperidine rings is 1. The van der Waals surface area contributed by atoms with Crippen LogP contribution >= 0.6 is 0 Å². The highest BCUT2D eigenvalue weighted by atomic mass is 32.2. The number of nitrogens with one attached hydrogen (secondary N) is 1. The van der Waals surface area contributed by atoms with E-state index in [4.69, 9.17) is 4.74 Å². The molecule has 0 aliphatic carbocycles. The van der Waals surface area contributed by atoms with Gasteiger partial charge in [-0.25, -0.2) is 13.2 Å². The fraction of sp³-hybridized carbons (Fsp3) is 0.619. The first-order valence-electron chi connectivity index (χ1n) is 10.5. The van der Waals surface area contributed by atoms with Gasteiger partial charge in [0.2, 0.25) is 15.9 Å². The molecule has 1 N–H and O–H groups in total. The molecule has 2 amide bonds. The summed E-state index contributed by atoms with van der Waals surface area (Å²) in [6.07, 6.45) is 3.60. The van der Waals surface area contributed by atoms with Crippen molar-refractivity contribution < 1.29 is 22.7 Å². The smallest absolute Gasteiger partial charge is 0.410 e. The van der Waals surface area contributed by atoms with Crippen molar-refractivity contribution in [2.45, 2.75) is 69.4 Å². The number of anilines is 1. The van der Waals surface area contributed by atoms with Gasteiger partial charge in [-0.1, -0.05) is 6.42 Å². The zero-order valence-corrected chi connectivity index (χ0v) is 18.7. The monoisotopic (exact) mass is 437 g/mol. The lowest BCUT2D eigenvalue weighted by molar-refractivity contribution is -0.120. The van der Waals surface area contributed by atoms with Gasteiger partial charge in [0.05, 0.1) is 4.90 Å². The van der Waals surface area contributed by atoms with Gasteiger partial charge in [0, 0.05) is 25.3 Å². The Morgan fingerprint density at radius 2 is 1.63 bits per heavy atom. The summed E-state index contributed by atoms with van der Waals surface area (Å²) in [6.45, 7) is 6.92. The Kier molecular flexibility index (Phi) is 6.71. The van der Waals surface area contributed by atoms with Crippen molar-refractivity contribution in [1.82, 2.24) is 9.21 Å². The maximum atomic E-state index is 12.7. The minimum atomic E-state index is -3.51. The molecule has 2 aliphatic rings. The number of rotatable bonds is 4. The van der Waals surface area contributed by atoms with E-state index >= 15 is 0 Å². The number of carbonyl (C=O) groups is 2. The van der Waals surface area contributed by atoms with Crippen LogP contribution in [0.3, 0.4) is 0 Å². The summed E-state index contributed by atoms with van der Waals surface area (Å²) in [5, 5.41) is 2.79. The van der Waals surface area contributed by atoms with Crippen molar-refractivity contribution in [2.75, 3.05) is 25.0 Å². The molecule has 0 saturated carbocycles. The van der Waals surface area contributed by atoms with Gasteiger partial charge < -0.3 is 10.1 Å². The van der Waals surface area contributed by atoms with Crippen LogP contribution < -0.4 is 5.32 Å². The molecule has 2 fully saturated rings. The normalized spacial score (nSPS) is 20.8. The second-order valence-electron chi connectivity index (χ2n) is 8.81. The van der Waals surface area contributed by atoms with E-state index in [1.165, 1.54) is 21.3 Å². The molecule has 1 atom stereocenters. The van der Waals surface area contributed by atoms with Crippen molar-refractivity contribution in [3.8, 4) is 0 Å². The predicted molar refractivity (Wildman–Crippen MR) is 114 cm³/mol. The Labute approximate surface area is 178 Å². The Hall–Kier alpha value is -2.13. The largest absolute Gasteiger partial charge is 0.444 e.